The first-order valence-electron chi connectivity index (χ1n) is 6.18. The summed E-state index contributed by atoms with van der Waals surface area (Å²) in [5.74, 6) is 0. The molecule has 0 spiro atoms. The van der Waals surface area contributed by atoms with Crippen molar-refractivity contribution in [3.05, 3.63) is 31.8 Å². The van der Waals surface area contributed by atoms with Crippen LogP contribution in [0.1, 0.15) is 5.01 Å². The van der Waals surface area contributed by atoms with Gasteiger partial charge in [0.15, 0.2) is 0 Å². The van der Waals surface area contributed by atoms with Crippen molar-refractivity contribution in [2.45, 2.75) is 6.42 Å². The number of hydrogen-bond acceptors (Lipinski definition) is 5. The van der Waals surface area contributed by atoms with E-state index in [1.54, 1.807) is 18.4 Å². The highest BCUT2D eigenvalue weighted by Crippen LogP contribution is 2.30. The fraction of sp³-hybridized carbons (Fsp3) is 0.385. The van der Waals surface area contributed by atoms with Crippen LogP contribution < -0.4 is 5.32 Å². The number of hydrogen-bond donors (Lipinski definition) is 1. The number of nitrogens with zero attached hydrogens (tertiary/aromatic N) is 2. The summed E-state index contributed by atoms with van der Waals surface area (Å²) >= 11 is 9.94. The predicted octanol–water partition coefficient (Wildman–Crippen LogP) is 3.24. The highest BCUT2D eigenvalue weighted by molar-refractivity contribution is 14.1. The molecule has 108 valence electrons. The van der Waals surface area contributed by atoms with Crippen LogP contribution in [0.3, 0.4) is 0 Å². The highest BCUT2D eigenvalue weighted by atomic mass is 127. The van der Waals surface area contributed by atoms with Crippen molar-refractivity contribution in [3.63, 3.8) is 0 Å². The lowest BCUT2D eigenvalue weighted by Crippen LogP contribution is -2.21. The Hall–Kier alpha value is -0.280. The minimum Gasteiger partial charge on any atom is -0.383 e. The zero-order valence-electron chi connectivity index (χ0n) is 11.0. The molecule has 4 nitrogen and oxygen atoms in total. The fourth-order valence-corrected chi connectivity index (χ4v) is 3.43. The van der Waals surface area contributed by atoms with Gasteiger partial charge in [0.25, 0.3) is 0 Å². The SMILES string of the molecule is COCCNCCc1nnc(-c2cc(Cl)ccc2I)s1. The summed E-state index contributed by atoms with van der Waals surface area (Å²) in [6.45, 7) is 2.46. The zero-order valence-corrected chi connectivity index (χ0v) is 14.8. The van der Waals surface area contributed by atoms with Crippen LogP contribution in [-0.2, 0) is 11.2 Å². The van der Waals surface area contributed by atoms with E-state index < -0.39 is 0 Å². The van der Waals surface area contributed by atoms with Gasteiger partial charge in [-0.1, -0.05) is 22.9 Å². The van der Waals surface area contributed by atoms with Crippen LogP contribution >= 0.6 is 45.5 Å². The molecule has 0 amide bonds. The Bertz CT molecular complexity index is 564. The first-order valence-corrected chi connectivity index (χ1v) is 8.45. The Morgan fingerprint density at radius 2 is 2.20 bits per heavy atom. The normalized spacial score (nSPS) is 10.9. The third-order valence-electron chi connectivity index (χ3n) is 2.62. The standard InChI is InChI=1S/C13H15ClIN3OS/c1-19-7-6-16-5-4-12-17-18-13(20-12)10-8-9(14)2-3-11(10)15/h2-3,8,16H,4-7H2,1H3. The van der Waals surface area contributed by atoms with Gasteiger partial charge in [-0.15, -0.1) is 10.2 Å². The van der Waals surface area contributed by atoms with E-state index in [0.29, 0.717) is 0 Å². The minimum absolute atomic E-state index is 0.721. The Balaban J connectivity index is 1.96. The number of halogens is 2. The smallest absolute Gasteiger partial charge is 0.148 e. The van der Waals surface area contributed by atoms with Gasteiger partial charge < -0.3 is 10.1 Å². The molecule has 0 saturated carbocycles. The van der Waals surface area contributed by atoms with Crippen molar-refractivity contribution >= 4 is 45.5 Å². The quantitative estimate of drug-likeness (QED) is 0.549. The average Bonchev–Trinajstić information content (AvgIpc) is 2.90. The molecular weight excluding hydrogens is 409 g/mol. The Morgan fingerprint density at radius 3 is 3.00 bits per heavy atom. The number of ether oxygens (including phenoxy) is 1. The summed E-state index contributed by atoms with van der Waals surface area (Å²) in [5, 5.41) is 14.5. The molecule has 0 aliphatic carbocycles. The molecule has 2 aromatic rings. The molecule has 0 unspecified atom stereocenters. The molecule has 20 heavy (non-hydrogen) atoms. The second kappa shape index (κ2) is 8.23. The maximum Gasteiger partial charge on any atom is 0.148 e. The lowest BCUT2D eigenvalue weighted by atomic mass is 10.2. The molecule has 1 heterocycles. The molecule has 0 atom stereocenters. The first-order chi connectivity index (χ1) is 9.70. The van der Waals surface area contributed by atoms with Gasteiger partial charge in [-0.3, -0.25) is 0 Å². The largest absolute Gasteiger partial charge is 0.383 e. The third-order valence-corrected chi connectivity index (χ3v) is 4.82. The van der Waals surface area contributed by atoms with Gasteiger partial charge in [-0.2, -0.15) is 0 Å². The summed E-state index contributed by atoms with van der Waals surface area (Å²) in [6, 6.07) is 5.81. The van der Waals surface area contributed by atoms with Crippen LogP contribution in [0, 0.1) is 3.57 Å². The van der Waals surface area contributed by atoms with E-state index in [1.165, 1.54) is 0 Å². The lowest BCUT2D eigenvalue weighted by molar-refractivity contribution is 0.199. The molecule has 0 aliphatic rings. The summed E-state index contributed by atoms with van der Waals surface area (Å²) in [4.78, 5) is 0. The zero-order chi connectivity index (χ0) is 14.4. The molecule has 1 aromatic heterocycles. The maximum absolute atomic E-state index is 6.04. The highest BCUT2D eigenvalue weighted by Gasteiger charge is 2.10. The van der Waals surface area contributed by atoms with Crippen LogP contribution in [0.2, 0.25) is 5.02 Å². The van der Waals surface area contributed by atoms with E-state index in [-0.39, 0.29) is 0 Å². The molecule has 0 fully saturated rings. The number of nitrogens with one attached hydrogen (secondary N) is 1. The van der Waals surface area contributed by atoms with Gasteiger partial charge in [-0.05, 0) is 40.8 Å². The second-order valence-electron chi connectivity index (χ2n) is 4.12. The van der Waals surface area contributed by atoms with E-state index in [2.05, 4.69) is 38.1 Å². The van der Waals surface area contributed by atoms with Crippen molar-refractivity contribution in [2.24, 2.45) is 0 Å². The number of aromatic nitrogens is 2. The second-order valence-corrected chi connectivity index (χ2v) is 6.78. The number of rotatable bonds is 7. The van der Waals surface area contributed by atoms with Gasteiger partial charge in [0, 0.05) is 40.8 Å². The van der Waals surface area contributed by atoms with Crippen molar-refractivity contribution in [1.82, 2.24) is 15.5 Å². The monoisotopic (exact) mass is 423 g/mol. The van der Waals surface area contributed by atoms with Crippen molar-refractivity contribution in [3.8, 4) is 10.6 Å². The van der Waals surface area contributed by atoms with E-state index in [0.717, 1.165) is 50.3 Å². The molecule has 1 aromatic carbocycles. The summed E-state index contributed by atoms with van der Waals surface area (Å²) < 4.78 is 6.11. The molecule has 0 radical (unpaired) electrons. The summed E-state index contributed by atoms with van der Waals surface area (Å²) in [5.41, 5.74) is 1.05. The molecule has 7 heteroatoms. The van der Waals surface area contributed by atoms with Gasteiger partial charge in [0.05, 0.1) is 6.61 Å². The van der Waals surface area contributed by atoms with Crippen LogP contribution in [0.15, 0.2) is 18.2 Å². The van der Waals surface area contributed by atoms with Crippen molar-refractivity contribution < 1.29 is 4.74 Å². The number of benzene rings is 1. The molecular formula is C13H15ClIN3OS. The summed E-state index contributed by atoms with van der Waals surface area (Å²) in [7, 11) is 1.70. The Morgan fingerprint density at radius 1 is 1.35 bits per heavy atom. The molecule has 0 bridgehead atoms. The van der Waals surface area contributed by atoms with E-state index in [9.17, 15) is 0 Å². The van der Waals surface area contributed by atoms with E-state index in [1.807, 2.05) is 18.2 Å². The van der Waals surface area contributed by atoms with Crippen LogP contribution in [0.4, 0.5) is 0 Å². The predicted molar refractivity (Wildman–Crippen MR) is 91.5 cm³/mol. The van der Waals surface area contributed by atoms with Crippen LogP contribution in [0.25, 0.3) is 10.6 Å². The first kappa shape index (κ1) is 16.1. The lowest BCUT2D eigenvalue weighted by Gasteiger charge is -2.01. The van der Waals surface area contributed by atoms with Gasteiger partial charge in [-0.25, -0.2) is 0 Å². The average molecular weight is 424 g/mol. The maximum atomic E-state index is 6.04. The summed E-state index contributed by atoms with van der Waals surface area (Å²) in [6.07, 6.45) is 0.874. The molecule has 0 saturated heterocycles. The third kappa shape index (κ3) is 4.63. The fourth-order valence-electron chi connectivity index (χ4n) is 1.62. The minimum atomic E-state index is 0.721. The molecule has 0 aliphatic heterocycles. The Labute approximate surface area is 141 Å². The van der Waals surface area contributed by atoms with Crippen molar-refractivity contribution in [1.29, 1.82) is 0 Å². The van der Waals surface area contributed by atoms with Crippen molar-refractivity contribution in [2.75, 3.05) is 26.8 Å². The molecule has 2 rings (SSSR count). The van der Waals surface area contributed by atoms with Crippen LogP contribution in [-0.4, -0.2) is 37.0 Å². The topological polar surface area (TPSA) is 47.0 Å². The molecule has 1 N–H and O–H groups in total. The van der Waals surface area contributed by atoms with E-state index in [4.69, 9.17) is 16.3 Å². The van der Waals surface area contributed by atoms with Gasteiger partial charge >= 0.3 is 0 Å². The van der Waals surface area contributed by atoms with Gasteiger partial charge in [0.2, 0.25) is 0 Å². The van der Waals surface area contributed by atoms with Gasteiger partial charge in [0.1, 0.15) is 10.0 Å². The van der Waals surface area contributed by atoms with E-state index >= 15 is 0 Å². The number of methoxy groups -OCH3 is 1. The van der Waals surface area contributed by atoms with Crippen LogP contribution in [0.5, 0.6) is 0 Å². The Kier molecular flexibility index (Phi) is 6.63.